The van der Waals surface area contributed by atoms with Crippen LogP contribution in [0.1, 0.15) is 22.0 Å². The first kappa shape index (κ1) is 15.7. The van der Waals surface area contributed by atoms with E-state index in [9.17, 15) is 19.8 Å². The summed E-state index contributed by atoms with van der Waals surface area (Å²) in [6, 6.07) is 6.84. The van der Waals surface area contributed by atoms with Crippen molar-refractivity contribution in [2.24, 2.45) is 0 Å². The summed E-state index contributed by atoms with van der Waals surface area (Å²) in [5.74, 6) is -1.70. The van der Waals surface area contributed by atoms with Gasteiger partial charge >= 0.3 is 0 Å². The van der Waals surface area contributed by atoms with Crippen molar-refractivity contribution in [3.8, 4) is 28.7 Å². The number of phenolic OH excluding ortho intramolecular Hbond substituents is 2. The number of ketones is 2. The van der Waals surface area contributed by atoms with Crippen molar-refractivity contribution in [2.75, 3.05) is 14.2 Å². The Balaban J connectivity index is 2.07. The number of rotatable bonds is 3. The average Bonchev–Trinajstić information content (AvgIpc) is 2.56. The maximum atomic E-state index is 12.4. The molecule has 0 saturated carbocycles. The summed E-state index contributed by atoms with van der Waals surface area (Å²) < 4.78 is 15.9. The van der Waals surface area contributed by atoms with E-state index in [0.717, 1.165) is 6.07 Å². The van der Waals surface area contributed by atoms with Crippen LogP contribution in [-0.4, -0.2) is 36.0 Å². The molecular formula is C17H14O7. The summed E-state index contributed by atoms with van der Waals surface area (Å²) in [4.78, 5) is 24.6. The van der Waals surface area contributed by atoms with E-state index in [1.54, 1.807) is 12.1 Å². The lowest BCUT2D eigenvalue weighted by Crippen LogP contribution is -2.31. The number of carbonyl (C=O) groups is 2. The van der Waals surface area contributed by atoms with Crippen molar-refractivity contribution >= 4 is 11.6 Å². The third-order valence-corrected chi connectivity index (χ3v) is 3.71. The molecule has 0 fully saturated rings. The van der Waals surface area contributed by atoms with E-state index < -0.39 is 23.4 Å². The number of hydrogen-bond acceptors (Lipinski definition) is 7. The molecule has 0 aromatic heterocycles. The van der Waals surface area contributed by atoms with Gasteiger partial charge in [-0.25, -0.2) is 0 Å². The largest absolute Gasteiger partial charge is 0.508 e. The van der Waals surface area contributed by atoms with Crippen LogP contribution in [0, 0.1) is 0 Å². The van der Waals surface area contributed by atoms with Gasteiger partial charge in [0, 0.05) is 17.7 Å². The van der Waals surface area contributed by atoms with Gasteiger partial charge in [0.1, 0.15) is 22.8 Å². The van der Waals surface area contributed by atoms with Gasteiger partial charge in [0.15, 0.2) is 17.6 Å². The topological polar surface area (TPSA) is 102 Å². The molecule has 7 nitrogen and oxygen atoms in total. The first-order valence-electron chi connectivity index (χ1n) is 6.99. The molecule has 1 aliphatic rings. The van der Waals surface area contributed by atoms with E-state index >= 15 is 0 Å². The highest BCUT2D eigenvalue weighted by atomic mass is 16.5. The zero-order valence-electron chi connectivity index (χ0n) is 12.9. The van der Waals surface area contributed by atoms with Gasteiger partial charge < -0.3 is 24.4 Å². The van der Waals surface area contributed by atoms with Gasteiger partial charge in [0.05, 0.1) is 14.2 Å². The Bertz CT molecular complexity index is 841. The molecule has 1 aliphatic heterocycles. The first-order valence-corrected chi connectivity index (χ1v) is 6.99. The second-order valence-corrected chi connectivity index (χ2v) is 5.14. The molecule has 0 amide bonds. The molecule has 0 radical (unpaired) electrons. The zero-order chi connectivity index (χ0) is 17.4. The lowest BCUT2D eigenvalue weighted by Gasteiger charge is -2.25. The predicted molar refractivity (Wildman–Crippen MR) is 82.0 cm³/mol. The maximum absolute atomic E-state index is 12.4. The number of benzene rings is 2. The van der Waals surface area contributed by atoms with Crippen molar-refractivity contribution in [1.82, 2.24) is 0 Å². The number of phenols is 2. The van der Waals surface area contributed by atoms with Gasteiger partial charge in [-0.15, -0.1) is 0 Å². The van der Waals surface area contributed by atoms with Crippen LogP contribution in [0.25, 0.3) is 0 Å². The molecule has 124 valence electrons. The second kappa shape index (κ2) is 5.77. The first-order chi connectivity index (χ1) is 11.5. The third kappa shape index (κ3) is 2.40. The number of hydrogen-bond donors (Lipinski definition) is 2. The van der Waals surface area contributed by atoms with E-state index in [2.05, 4.69) is 0 Å². The Morgan fingerprint density at radius 1 is 1.00 bits per heavy atom. The van der Waals surface area contributed by atoms with Crippen molar-refractivity contribution in [2.45, 2.75) is 6.10 Å². The summed E-state index contributed by atoms with van der Waals surface area (Å²) in [5, 5.41) is 19.3. The number of methoxy groups -OCH3 is 2. The fourth-order valence-corrected chi connectivity index (χ4v) is 2.57. The zero-order valence-corrected chi connectivity index (χ0v) is 12.9. The number of aromatic hydroxyl groups is 2. The Kier molecular flexibility index (Phi) is 3.76. The average molecular weight is 330 g/mol. The van der Waals surface area contributed by atoms with E-state index in [0.29, 0.717) is 17.1 Å². The van der Waals surface area contributed by atoms with Crippen LogP contribution >= 0.6 is 0 Å². The molecule has 0 aliphatic carbocycles. The number of Topliss-reactive ketones (excluding diaryl/α,β-unsaturated/α-hetero) is 2. The van der Waals surface area contributed by atoms with Crippen LogP contribution in [0.15, 0.2) is 30.3 Å². The van der Waals surface area contributed by atoms with Gasteiger partial charge in [-0.1, -0.05) is 6.07 Å². The van der Waals surface area contributed by atoms with E-state index in [-0.39, 0.29) is 17.1 Å². The Morgan fingerprint density at radius 2 is 1.71 bits per heavy atom. The smallest absolute Gasteiger partial charge is 0.248 e. The minimum atomic E-state index is -1.20. The molecule has 0 spiro atoms. The predicted octanol–water partition coefficient (Wildman–Crippen LogP) is 2.00. The van der Waals surface area contributed by atoms with Crippen LogP contribution in [-0.2, 0) is 4.79 Å². The van der Waals surface area contributed by atoms with Crippen molar-refractivity contribution in [1.29, 1.82) is 0 Å². The highest BCUT2D eigenvalue weighted by Gasteiger charge is 2.39. The summed E-state index contributed by atoms with van der Waals surface area (Å²) in [6.07, 6.45) is -1.20. The molecule has 2 N–H and O–H groups in total. The number of carbonyl (C=O) groups excluding carboxylic acids is 2. The highest BCUT2D eigenvalue weighted by molar-refractivity contribution is 6.47. The molecule has 1 unspecified atom stereocenters. The summed E-state index contributed by atoms with van der Waals surface area (Å²) in [7, 11) is 2.92. The Labute approximate surface area is 137 Å². The lowest BCUT2D eigenvalue weighted by molar-refractivity contribution is -0.122. The molecule has 1 heterocycles. The SMILES string of the molecule is COc1ccc(C2Oc3cc(O)cc(O)c3C(=O)C2=O)cc1OC. The minimum absolute atomic E-state index is 0.0584. The Morgan fingerprint density at radius 3 is 2.38 bits per heavy atom. The van der Waals surface area contributed by atoms with Crippen LogP contribution in [0.5, 0.6) is 28.7 Å². The van der Waals surface area contributed by atoms with Gasteiger partial charge in [-0.3, -0.25) is 9.59 Å². The van der Waals surface area contributed by atoms with Crippen LogP contribution < -0.4 is 14.2 Å². The normalized spacial score (nSPS) is 16.3. The quantitative estimate of drug-likeness (QED) is 0.830. The standard InChI is InChI=1S/C17H14O7/c1-22-11-4-3-8(5-12(11)23-2)17-16(21)15(20)14-10(19)6-9(18)7-13(14)24-17/h3-7,17-19H,1-2H3. The van der Waals surface area contributed by atoms with Crippen molar-refractivity contribution in [3.63, 3.8) is 0 Å². The van der Waals surface area contributed by atoms with Crippen LogP contribution in [0.2, 0.25) is 0 Å². The summed E-state index contributed by atoms with van der Waals surface area (Å²) in [6.45, 7) is 0. The molecular weight excluding hydrogens is 316 g/mol. The number of ether oxygens (including phenoxy) is 3. The van der Waals surface area contributed by atoms with Gasteiger partial charge in [0.2, 0.25) is 11.6 Å². The summed E-state index contributed by atoms with van der Waals surface area (Å²) >= 11 is 0. The molecule has 2 aromatic carbocycles. The molecule has 24 heavy (non-hydrogen) atoms. The van der Waals surface area contributed by atoms with E-state index in [1.165, 1.54) is 26.4 Å². The van der Waals surface area contributed by atoms with Crippen molar-refractivity contribution in [3.05, 3.63) is 41.5 Å². The van der Waals surface area contributed by atoms with Crippen LogP contribution in [0.3, 0.4) is 0 Å². The lowest BCUT2D eigenvalue weighted by atomic mass is 9.94. The van der Waals surface area contributed by atoms with E-state index in [4.69, 9.17) is 14.2 Å². The third-order valence-electron chi connectivity index (χ3n) is 3.71. The van der Waals surface area contributed by atoms with Crippen molar-refractivity contribution < 1.29 is 34.0 Å². The highest BCUT2D eigenvalue weighted by Crippen LogP contribution is 2.41. The molecule has 0 bridgehead atoms. The minimum Gasteiger partial charge on any atom is -0.508 e. The maximum Gasteiger partial charge on any atom is 0.248 e. The Hall–Kier alpha value is -3.22. The monoisotopic (exact) mass is 330 g/mol. The molecule has 7 heteroatoms. The fraction of sp³-hybridized carbons (Fsp3) is 0.176. The molecule has 0 saturated heterocycles. The van der Waals surface area contributed by atoms with Gasteiger partial charge in [0.25, 0.3) is 0 Å². The van der Waals surface area contributed by atoms with E-state index in [1.807, 2.05) is 0 Å². The fourth-order valence-electron chi connectivity index (χ4n) is 2.57. The summed E-state index contributed by atoms with van der Waals surface area (Å²) in [5.41, 5.74) is 0.133. The van der Waals surface area contributed by atoms with Gasteiger partial charge in [-0.05, 0) is 12.1 Å². The molecule has 3 rings (SSSR count). The van der Waals surface area contributed by atoms with Gasteiger partial charge in [-0.2, -0.15) is 0 Å². The molecule has 1 atom stereocenters. The number of fused-ring (bicyclic) bond motifs is 1. The second-order valence-electron chi connectivity index (χ2n) is 5.14. The van der Waals surface area contributed by atoms with Crippen LogP contribution in [0.4, 0.5) is 0 Å². The molecule has 2 aromatic rings.